The van der Waals surface area contributed by atoms with Gasteiger partial charge in [0.2, 0.25) is 5.91 Å². The first kappa shape index (κ1) is 19.3. The SMILES string of the molecule is CC(C)(C)OC(=O)N[C@@H]1Cc2ccc(S(F)(F)(F)(F)F)cc2NC1=O. The highest BCUT2D eigenvalue weighted by atomic mass is 32.5. The maximum atomic E-state index is 12.8. The molecule has 0 radical (unpaired) electrons. The van der Waals surface area contributed by atoms with Crippen molar-refractivity contribution in [3.8, 4) is 0 Å². The number of hydrogen-bond acceptors (Lipinski definition) is 3. The molecule has 1 aliphatic rings. The molecule has 2 rings (SSSR count). The monoisotopic (exact) mass is 388 g/mol. The molecule has 0 bridgehead atoms. The van der Waals surface area contributed by atoms with Gasteiger partial charge < -0.3 is 15.4 Å². The Morgan fingerprint density at radius 3 is 2.36 bits per heavy atom. The largest absolute Gasteiger partial charge is 0.444 e. The highest BCUT2D eigenvalue weighted by molar-refractivity contribution is 8.45. The minimum Gasteiger partial charge on any atom is -0.444 e. The molecule has 0 saturated carbocycles. The lowest BCUT2D eigenvalue weighted by Crippen LogP contribution is -2.49. The number of hydrogen-bond donors (Lipinski definition) is 2. The Kier molecular flexibility index (Phi) is 3.85. The van der Waals surface area contributed by atoms with Gasteiger partial charge in [-0.2, -0.15) is 0 Å². The third-order valence-electron chi connectivity index (χ3n) is 3.22. The van der Waals surface area contributed by atoms with Crippen molar-refractivity contribution in [3.05, 3.63) is 23.8 Å². The third-order valence-corrected chi connectivity index (χ3v) is 4.36. The zero-order valence-corrected chi connectivity index (χ0v) is 14.4. The van der Waals surface area contributed by atoms with Crippen LogP contribution in [0, 0.1) is 0 Å². The summed E-state index contributed by atoms with van der Waals surface area (Å²) < 4.78 is 69.2. The van der Waals surface area contributed by atoms with Crippen LogP contribution in [0.1, 0.15) is 26.3 Å². The molecule has 0 aromatic heterocycles. The molecule has 1 aromatic carbocycles. The Morgan fingerprint density at radius 2 is 1.84 bits per heavy atom. The second-order valence-electron chi connectivity index (χ2n) is 6.68. The van der Waals surface area contributed by atoms with E-state index < -0.39 is 38.8 Å². The van der Waals surface area contributed by atoms with E-state index in [1.165, 1.54) is 0 Å². The lowest BCUT2D eigenvalue weighted by molar-refractivity contribution is -0.118. The molecule has 1 aromatic rings. The second kappa shape index (κ2) is 4.99. The van der Waals surface area contributed by atoms with E-state index in [0.717, 1.165) is 6.07 Å². The van der Waals surface area contributed by atoms with Gasteiger partial charge in [-0.3, -0.25) is 4.79 Å². The van der Waals surface area contributed by atoms with Crippen LogP contribution in [0.4, 0.5) is 29.9 Å². The lowest BCUT2D eigenvalue weighted by atomic mass is 9.99. The average molecular weight is 388 g/mol. The van der Waals surface area contributed by atoms with Crippen LogP contribution < -0.4 is 10.6 Å². The first-order chi connectivity index (χ1) is 10.9. The summed E-state index contributed by atoms with van der Waals surface area (Å²) in [7, 11) is -9.84. The van der Waals surface area contributed by atoms with Crippen molar-refractivity contribution in [2.75, 3.05) is 5.32 Å². The molecule has 0 spiro atoms. The van der Waals surface area contributed by atoms with E-state index in [2.05, 4.69) is 10.6 Å². The maximum Gasteiger partial charge on any atom is 0.408 e. The van der Waals surface area contributed by atoms with Gasteiger partial charge in [0.05, 0.1) is 0 Å². The van der Waals surface area contributed by atoms with Crippen LogP contribution in [0.25, 0.3) is 0 Å². The molecule has 1 atom stereocenters. The van der Waals surface area contributed by atoms with E-state index in [4.69, 9.17) is 4.74 Å². The maximum absolute atomic E-state index is 12.8. The van der Waals surface area contributed by atoms with Crippen LogP contribution in [0.3, 0.4) is 0 Å². The molecule has 0 unspecified atom stereocenters. The van der Waals surface area contributed by atoms with Crippen LogP contribution in [0.5, 0.6) is 0 Å². The van der Waals surface area contributed by atoms with Crippen molar-refractivity contribution >= 4 is 27.9 Å². The van der Waals surface area contributed by atoms with Crippen LogP contribution in [0.2, 0.25) is 0 Å². The molecular weight excluding hydrogens is 371 g/mol. The van der Waals surface area contributed by atoms with Crippen LogP contribution in [-0.2, 0) is 16.0 Å². The first-order valence-corrected chi connectivity index (χ1v) is 9.07. The van der Waals surface area contributed by atoms with E-state index in [-0.39, 0.29) is 29.8 Å². The van der Waals surface area contributed by atoms with E-state index in [9.17, 15) is 29.0 Å². The van der Waals surface area contributed by atoms with Crippen LogP contribution in [0.15, 0.2) is 23.1 Å². The fourth-order valence-corrected chi connectivity index (χ4v) is 2.85. The molecule has 0 fully saturated rings. The Balaban J connectivity index is 2.22. The van der Waals surface area contributed by atoms with Crippen molar-refractivity contribution in [1.29, 1.82) is 0 Å². The summed E-state index contributed by atoms with van der Waals surface area (Å²) in [5.41, 5.74) is -0.979. The van der Waals surface area contributed by atoms with Gasteiger partial charge in [-0.1, -0.05) is 25.5 Å². The Labute approximate surface area is 140 Å². The first-order valence-electron chi connectivity index (χ1n) is 7.12. The number of nitrogens with one attached hydrogen (secondary N) is 2. The van der Waals surface area contributed by atoms with Crippen LogP contribution >= 0.6 is 10.2 Å². The van der Waals surface area contributed by atoms with Gasteiger partial charge in [0.15, 0.2) is 0 Å². The number of halogens is 5. The van der Waals surface area contributed by atoms with Crippen molar-refractivity contribution in [1.82, 2.24) is 5.32 Å². The molecule has 2 amide bonds. The van der Waals surface area contributed by atoms with E-state index in [0.29, 0.717) is 0 Å². The van der Waals surface area contributed by atoms with Crippen molar-refractivity contribution < 1.29 is 33.8 Å². The molecule has 1 aliphatic heterocycles. The molecule has 25 heavy (non-hydrogen) atoms. The number of amides is 2. The lowest BCUT2D eigenvalue weighted by Gasteiger charge is -2.41. The second-order valence-corrected chi connectivity index (χ2v) is 9.09. The predicted molar refractivity (Wildman–Crippen MR) is 83.3 cm³/mol. The van der Waals surface area contributed by atoms with Gasteiger partial charge in [-0.05, 0) is 38.5 Å². The minimum atomic E-state index is -9.84. The number of alkyl carbamates (subject to hydrolysis) is 1. The Hall–Kier alpha value is -2.04. The fraction of sp³-hybridized carbons (Fsp3) is 0.429. The summed E-state index contributed by atoms with van der Waals surface area (Å²) in [6.45, 7) is 4.85. The van der Waals surface area contributed by atoms with Gasteiger partial charge in [0.1, 0.15) is 16.5 Å². The molecule has 0 aliphatic carbocycles. The number of rotatable bonds is 2. The van der Waals surface area contributed by atoms with Gasteiger partial charge in [-0.15, -0.1) is 0 Å². The topological polar surface area (TPSA) is 67.4 Å². The van der Waals surface area contributed by atoms with Crippen molar-refractivity contribution in [2.24, 2.45) is 0 Å². The van der Waals surface area contributed by atoms with E-state index >= 15 is 0 Å². The third kappa shape index (κ3) is 4.97. The van der Waals surface area contributed by atoms with E-state index in [1.54, 1.807) is 20.8 Å². The summed E-state index contributed by atoms with van der Waals surface area (Å²) in [5.74, 6) is -0.822. The molecule has 1 heterocycles. The van der Waals surface area contributed by atoms with Gasteiger partial charge in [0, 0.05) is 12.1 Å². The standard InChI is InChI=1S/C14H17F5N2O3S/c1-14(2,3)24-13(23)21-11-6-8-4-5-9(25(15,16,17,18)19)7-10(8)20-12(11)22/h4-5,7,11H,6H2,1-3H3,(H,20,22)(H,21,23)/t11-/m1/s1. The number of carbonyl (C=O) groups excluding carboxylic acids is 2. The minimum absolute atomic E-state index is 0.152. The fourth-order valence-electron chi connectivity index (χ4n) is 2.19. The Bertz CT molecular complexity index is 743. The van der Waals surface area contributed by atoms with Gasteiger partial charge in [-0.25, -0.2) is 4.79 Å². The Morgan fingerprint density at radius 1 is 1.24 bits per heavy atom. The predicted octanol–water partition coefficient (Wildman–Crippen LogP) is 4.73. The highest BCUT2D eigenvalue weighted by Crippen LogP contribution is 3.02. The zero-order valence-electron chi connectivity index (χ0n) is 13.5. The number of fused-ring (bicyclic) bond motifs is 1. The van der Waals surface area contributed by atoms with Gasteiger partial charge in [0.25, 0.3) is 0 Å². The summed E-state index contributed by atoms with van der Waals surface area (Å²) >= 11 is 0. The highest BCUT2D eigenvalue weighted by Gasteiger charge is 2.65. The summed E-state index contributed by atoms with van der Waals surface area (Å²) in [6.07, 6.45) is -1.03. The summed E-state index contributed by atoms with van der Waals surface area (Å²) in [4.78, 5) is 21.6. The molecule has 2 N–H and O–H groups in total. The quantitative estimate of drug-likeness (QED) is 0.720. The number of benzene rings is 1. The molecular formula is C14H17F5N2O3S. The van der Waals surface area contributed by atoms with Gasteiger partial charge >= 0.3 is 16.3 Å². The normalized spacial score (nSPS) is 20.6. The summed E-state index contributed by atoms with van der Waals surface area (Å²) in [6, 6.07) is 0.236. The molecule has 11 heteroatoms. The molecule has 5 nitrogen and oxygen atoms in total. The average Bonchev–Trinajstić information content (AvgIpc) is 2.34. The van der Waals surface area contributed by atoms with Crippen molar-refractivity contribution in [2.45, 2.75) is 43.7 Å². The van der Waals surface area contributed by atoms with Crippen LogP contribution in [-0.4, -0.2) is 23.6 Å². The smallest absolute Gasteiger partial charge is 0.408 e. The number of carbonyl (C=O) groups is 2. The number of ether oxygens (including phenoxy) is 1. The summed E-state index contributed by atoms with van der Waals surface area (Å²) in [5, 5.41) is 4.39. The molecule has 142 valence electrons. The van der Waals surface area contributed by atoms with E-state index in [1.807, 2.05) is 0 Å². The number of anilines is 1. The van der Waals surface area contributed by atoms with Crippen molar-refractivity contribution in [3.63, 3.8) is 0 Å². The molecule has 0 saturated heterocycles. The zero-order chi connectivity index (χ0) is 19.3.